The second-order valence-corrected chi connectivity index (χ2v) is 11.5. The minimum absolute atomic E-state index is 0.0344. The fraction of sp³-hybridized carbons (Fsp3) is 0.769. The molecule has 3 N–H and O–H groups in total. The first-order valence-electron chi connectivity index (χ1n) is 12.3. The van der Waals surface area contributed by atoms with Gasteiger partial charge in [0, 0.05) is 12.8 Å². The number of halogens is 6. The molecule has 0 aliphatic heterocycles. The number of rotatable bonds is 4. The Morgan fingerprint density at radius 2 is 1.63 bits per heavy atom. The fourth-order valence-corrected chi connectivity index (χ4v) is 7.39. The third-order valence-corrected chi connectivity index (χ3v) is 9.41. The van der Waals surface area contributed by atoms with Crippen LogP contribution in [-0.4, -0.2) is 45.5 Å². The second kappa shape index (κ2) is 8.62. The van der Waals surface area contributed by atoms with Gasteiger partial charge < -0.3 is 15.3 Å². The highest BCUT2D eigenvalue weighted by atomic mass is 19.4. The van der Waals surface area contributed by atoms with Gasteiger partial charge in [0.25, 0.3) is 5.60 Å². The predicted octanol–water partition coefficient (Wildman–Crippen LogP) is 6.15. The molecule has 4 rings (SSSR count). The van der Waals surface area contributed by atoms with Crippen molar-refractivity contribution in [3.05, 3.63) is 35.5 Å². The molecule has 3 nitrogen and oxygen atoms in total. The van der Waals surface area contributed by atoms with Crippen molar-refractivity contribution in [2.75, 3.05) is 0 Å². The highest BCUT2D eigenvalue weighted by Crippen LogP contribution is 2.71. The van der Waals surface area contributed by atoms with E-state index < -0.39 is 47.4 Å². The van der Waals surface area contributed by atoms with Gasteiger partial charge in [0.05, 0.1) is 12.2 Å². The van der Waals surface area contributed by atoms with Gasteiger partial charge in [0.2, 0.25) is 0 Å². The van der Waals surface area contributed by atoms with Crippen LogP contribution in [0.25, 0.3) is 0 Å². The van der Waals surface area contributed by atoms with Crippen LogP contribution in [0.5, 0.6) is 0 Å². The average Bonchev–Trinajstić information content (AvgIpc) is 3.39. The minimum atomic E-state index is -5.79. The first-order valence-corrected chi connectivity index (χ1v) is 12.3. The predicted molar refractivity (Wildman–Crippen MR) is 118 cm³/mol. The summed E-state index contributed by atoms with van der Waals surface area (Å²) >= 11 is 0. The van der Waals surface area contributed by atoms with Gasteiger partial charge in [-0.3, -0.25) is 0 Å². The molecule has 4 aliphatic carbocycles. The van der Waals surface area contributed by atoms with Crippen LogP contribution in [0.15, 0.2) is 35.5 Å². The van der Waals surface area contributed by atoms with Gasteiger partial charge in [-0.2, -0.15) is 26.3 Å². The van der Waals surface area contributed by atoms with Crippen molar-refractivity contribution in [1.29, 1.82) is 0 Å². The Hall–Kier alpha value is -1.32. The van der Waals surface area contributed by atoms with E-state index in [2.05, 4.69) is 6.58 Å². The van der Waals surface area contributed by atoms with E-state index in [1.165, 1.54) is 0 Å². The maximum atomic E-state index is 13.5. The smallest absolute Gasteiger partial charge is 0.393 e. The van der Waals surface area contributed by atoms with Gasteiger partial charge in [0.15, 0.2) is 0 Å². The first kappa shape index (κ1) is 26.7. The molecule has 4 saturated carbocycles. The summed E-state index contributed by atoms with van der Waals surface area (Å²) < 4.78 is 80.8. The Labute approximate surface area is 201 Å². The number of alkyl halides is 6. The Morgan fingerprint density at radius 3 is 2.20 bits per heavy atom. The van der Waals surface area contributed by atoms with Crippen LogP contribution in [0, 0.1) is 22.7 Å². The Balaban J connectivity index is 1.60. The van der Waals surface area contributed by atoms with E-state index >= 15 is 0 Å². The van der Waals surface area contributed by atoms with Crippen molar-refractivity contribution < 1.29 is 41.7 Å². The zero-order valence-corrected chi connectivity index (χ0v) is 19.9. The molecule has 0 heterocycles. The molecule has 0 aromatic heterocycles. The Bertz CT molecular complexity index is 899. The number of allylic oxidation sites excluding steroid dienone is 3. The van der Waals surface area contributed by atoms with Gasteiger partial charge in [-0.25, -0.2) is 0 Å². The monoisotopic (exact) mass is 508 g/mol. The van der Waals surface area contributed by atoms with E-state index in [0.29, 0.717) is 24.8 Å². The lowest BCUT2D eigenvalue weighted by molar-refractivity contribution is -0.375. The zero-order chi connectivity index (χ0) is 26.0. The van der Waals surface area contributed by atoms with Crippen LogP contribution < -0.4 is 0 Å². The molecule has 0 saturated heterocycles. The van der Waals surface area contributed by atoms with Crippen LogP contribution in [0.4, 0.5) is 26.3 Å². The van der Waals surface area contributed by atoms with Crippen molar-refractivity contribution in [3.63, 3.8) is 0 Å². The summed E-state index contributed by atoms with van der Waals surface area (Å²) in [7, 11) is 0. The molecular formula is C26H34F6O3. The van der Waals surface area contributed by atoms with Gasteiger partial charge >= 0.3 is 12.4 Å². The fourth-order valence-electron chi connectivity index (χ4n) is 7.39. The lowest BCUT2D eigenvalue weighted by Gasteiger charge is -2.47. The Kier molecular flexibility index (Phi) is 6.59. The number of hydrogen-bond donors (Lipinski definition) is 3. The van der Waals surface area contributed by atoms with Gasteiger partial charge in [0.1, 0.15) is 0 Å². The first-order chi connectivity index (χ1) is 16.0. The highest BCUT2D eigenvalue weighted by molar-refractivity contribution is 5.39. The van der Waals surface area contributed by atoms with Crippen molar-refractivity contribution >= 4 is 0 Å². The number of aliphatic hydroxyl groups is 3. The lowest BCUT2D eigenvalue weighted by atomic mass is 9.59. The third kappa shape index (κ3) is 4.50. The minimum Gasteiger partial charge on any atom is -0.393 e. The van der Waals surface area contributed by atoms with Crippen molar-refractivity contribution in [2.45, 2.75) is 101 Å². The molecule has 0 radical (unpaired) electrons. The topological polar surface area (TPSA) is 60.7 Å². The molecule has 4 fully saturated rings. The lowest BCUT2D eigenvalue weighted by Crippen LogP contribution is -2.59. The number of hydrogen-bond acceptors (Lipinski definition) is 3. The standard InChI is InChI=1S/C26H34F6O3/c1-15-17(12-18(33)13-20(15)34)6-5-16-4-3-9-22(2)19(16)7-8-21(22)23(10-11-23)14-24(35,25(27,28)29)26(30,31)32/h5-6,18-21,33-35H,1,3-4,7-14H2,2H3/b16-5+,17-6-/t18?,19?,20-,21?,22-/m0/s1. The van der Waals surface area contributed by atoms with Crippen LogP contribution in [0.2, 0.25) is 0 Å². The van der Waals surface area contributed by atoms with E-state index in [1.807, 2.05) is 19.1 Å². The van der Waals surface area contributed by atoms with Crippen LogP contribution >= 0.6 is 0 Å². The molecule has 9 heteroatoms. The van der Waals surface area contributed by atoms with E-state index in [0.717, 1.165) is 30.4 Å². The largest absolute Gasteiger partial charge is 0.426 e. The quantitative estimate of drug-likeness (QED) is 0.399. The van der Waals surface area contributed by atoms with E-state index in [4.69, 9.17) is 0 Å². The third-order valence-electron chi connectivity index (χ3n) is 9.41. The summed E-state index contributed by atoms with van der Waals surface area (Å²) in [6.07, 6.45) is -5.96. The SMILES string of the molecule is C=C1/C(=C\C=C2/CCC[C@@]3(C)C2CCC3C2(CC(O)(C(F)(F)F)C(F)(F)F)CC2)CC(O)C[C@@H]1O. The molecular weight excluding hydrogens is 474 g/mol. The van der Waals surface area contributed by atoms with Crippen molar-refractivity contribution in [1.82, 2.24) is 0 Å². The number of aliphatic hydroxyl groups excluding tert-OH is 2. The molecule has 198 valence electrons. The van der Waals surface area contributed by atoms with Gasteiger partial charge in [-0.15, -0.1) is 0 Å². The molecule has 0 aromatic carbocycles. The van der Waals surface area contributed by atoms with E-state index in [1.54, 1.807) is 0 Å². The van der Waals surface area contributed by atoms with Crippen LogP contribution in [0.3, 0.4) is 0 Å². The van der Waals surface area contributed by atoms with Crippen LogP contribution in [-0.2, 0) is 0 Å². The molecule has 0 spiro atoms. The van der Waals surface area contributed by atoms with Gasteiger partial charge in [-0.05, 0) is 85.2 Å². The van der Waals surface area contributed by atoms with Crippen LogP contribution in [0.1, 0.15) is 71.1 Å². The number of fused-ring (bicyclic) bond motifs is 1. The average molecular weight is 509 g/mol. The maximum absolute atomic E-state index is 13.5. The Morgan fingerprint density at radius 1 is 1.00 bits per heavy atom. The van der Waals surface area contributed by atoms with E-state index in [9.17, 15) is 41.7 Å². The molecule has 0 aromatic rings. The maximum Gasteiger partial charge on any atom is 0.426 e. The summed E-state index contributed by atoms with van der Waals surface area (Å²) in [4.78, 5) is 0. The summed E-state index contributed by atoms with van der Waals surface area (Å²) in [6, 6.07) is 0. The molecule has 35 heavy (non-hydrogen) atoms. The van der Waals surface area contributed by atoms with Gasteiger partial charge in [-0.1, -0.05) is 31.2 Å². The summed E-state index contributed by atoms with van der Waals surface area (Å²) in [5.41, 5.74) is -3.90. The highest BCUT2D eigenvalue weighted by Gasteiger charge is 2.75. The molecule has 3 unspecified atom stereocenters. The summed E-state index contributed by atoms with van der Waals surface area (Å²) in [5.74, 6) is -0.298. The second-order valence-electron chi connectivity index (χ2n) is 11.5. The summed E-state index contributed by atoms with van der Waals surface area (Å²) in [5, 5.41) is 30.0. The molecule has 0 amide bonds. The van der Waals surface area contributed by atoms with E-state index in [-0.39, 0.29) is 31.1 Å². The van der Waals surface area contributed by atoms with Crippen molar-refractivity contribution in [3.8, 4) is 0 Å². The molecule has 0 bridgehead atoms. The zero-order valence-electron chi connectivity index (χ0n) is 19.9. The molecule has 4 aliphatic rings. The van der Waals surface area contributed by atoms with Crippen molar-refractivity contribution in [2.24, 2.45) is 22.7 Å². The normalized spacial score (nSPS) is 38.2. The molecule has 5 atom stereocenters. The summed E-state index contributed by atoms with van der Waals surface area (Å²) in [6.45, 7) is 5.90.